The summed E-state index contributed by atoms with van der Waals surface area (Å²) in [6, 6.07) is 3.51. The van der Waals surface area contributed by atoms with Gasteiger partial charge < -0.3 is 9.09 Å². The van der Waals surface area contributed by atoms with Crippen molar-refractivity contribution in [2.75, 3.05) is 0 Å². The number of rotatable bonds is 4. The molecule has 21 heavy (non-hydrogen) atoms. The van der Waals surface area contributed by atoms with E-state index in [1.807, 2.05) is 11.4 Å². The van der Waals surface area contributed by atoms with E-state index in [1.54, 1.807) is 23.0 Å². The van der Waals surface area contributed by atoms with Crippen molar-refractivity contribution in [2.45, 2.75) is 20.4 Å². The average molecular weight is 302 g/mol. The molecule has 0 unspecified atom stereocenters. The molecule has 108 valence electrons. The van der Waals surface area contributed by atoms with Crippen LogP contribution in [0.5, 0.6) is 0 Å². The molecule has 0 fully saturated rings. The highest BCUT2D eigenvalue weighted by Crippen LogP contribution is 2.20. The fraction of sp³-hybridized carbons (Fsp3) is 0.286. The quantitative estimate of drug-likeness (QED) is 0.740. The molecule has 7 heteroatoms. The topological polar surface area (TPSA) is 73.8 Å². The Morgan fingerprint density at radius 2 is 2.29 bits per heavy atom. The smallest absolute Gasteiger partial charge is 0.263 e. The molecule has 0 saturated carbocycles. The highest BCUT2D eigenvalue weighted by atomic mass is 32.1. The van der Waals surface area contributed by atoms with Crippen LogP contribution in [0.25, 0.3) is 22.8 Å². The molecular formula is C14H14N4O2S. The van der Waals surface area contributed by atoms with Gasteiger partial charge in [-0.25, -0.2) is 4.37 Å². The molecule has 0 aliphatic heterocycles. The summed E-state index contributed by atoms with van der Waals surface area (Å²) in [7, 11) is 0. The molecular weight excluding hydrogens is 288 g/mol. The van der Waals surface area contributed by atoms with Gasteiger partial charge in [0.15, 0.2) is 0 Å². The molecule has 3 aromatic rings. The monoisotopic (exact) mass is 302 g/mol. The number of hydrogen-bond acceptors (Lipinski definition) is 6. The van der Waals surface area contributed by atoms with Crippen molar-refractivity contribution in [2.24, 2.45) is 5.92 Å². The average Bonchev–Trinajstić information content (AvgIpc) is 3.10. The Hall–Kier alpha value is -2.28. The first-order valence-electron chi connectivity index (χ1n) is 6.58. The fourth-order valence-electron chi connectivity index (χ4n) is 2.00. The van der Waals surface area contributed by atoms with Gasteiger partial charge >= 0.3 is 0 Å². The molecule has 0 N–H and O–H groups in total. The number of nitrogens with zero attached hydrogens (tertiary/aromatic N) is 4. The van der Waals surface area contributed by atoms with Crippen LogP contribution in [0.2, 0.25) is 0 Å². The summed E-state index contributed by atoms with van der Waals surface area (Å²) in [5, 5.41) is 5.73. The summed E-state index contributed by atoms with van der Waals surface area (Å²) in [6.45, 7) is 4.78. The predicted molar refractivity (Wildman–Crippen MR) is 79.9 cm³/mol. The largest absolute Gasteiger partial charge is 0.333 e. The Bertz CT molecular complexity index is 789. The molecule has 3 aromatic heterocycles. The summed E-state index contributed by atoms with van der Waals surface area (Å²) in [5.74, 6) is 1.06. The van der Waals surface area contributed by atoms with Crippen LogP contribution >= 0.6 is 11.5 Å². The van der Waals surface area contributed by atoms with Crippen molar-refractivity contribution < 1.29 is 4.52 Å². The van der Waals surface area contributed by atoms with Crippen molar-refractivity contribution in [3.05, 3.63) is 40.3 Å². The molecule has 0 radical (unpaired) electrons. The molecule has 0 aliphatic rings. The normalized spacial score (nSPS) is 11.2. The Balaban J connectivity index is 2.00. The zero-order chi connectivity index (χ0) is 14.8. The van der Waals surface area contributed by atoms with Gasteiger partial charge in [0.2, 0.25) is 5.82 Å². The van der Waals surface area contributed by atoms with Gasteiger partial charge in [-0.3, -0.25) is 4.79 Å². The van der Waals surface area contributed by atoms with Crippen molar-refractivity contribution in [3.8, 4) is 22.8 Å². The van der Waals surface area contributed by atoms with E-state index in [1.165, 1.54) is 11.5 Å². The van der Waals surface area contributed by atoms with E-state index in [0.29, 0.717) is 23.9 Å². The van der Waals surface area contributed by atoms with Crippen molar-refractivity contribution in [3.63, 3.8) is 0 Å². The van der Waals surface area contributed by atoms with Gasteiger partial charge in [-0.05, 0) is 29.6 Å². The standard InChI is InChI=1S/C14H14N4O2S/c1-9(2)7-18-5-3-4-11(14(18)19)13-16-12(17-20-13)10-6-15-21-8-10/h3-6,8-9H,7H2,1-2H3. The van der Waals surface area contributed by atoms with Crippen molar-refractivity contribution in [1.82, 2.24) is 19.1 Å². The molecule has 3 heterocycles. The van der Waals surface area contributed by atoms with Gasteiger partial charge in [0.25, 0.3) is 11.4 Å². The SMILES string of the molecule is CC(C)Cn1cccc(-c2nc(-c3cnsc3)no2)c1=O. The van der Waals surface area contributed by atoms with Crippen molar-refractivity contribution in [1.29, 1.82) is 0 Å². The number of pyridine rings is 1. The fourth-order valence-corrected chi connectivity index (χ4v) is 2.52. The third-order valence-electron chi connectivity index (χ3n) is 2.93. The Morgan fingerprint density at radius 3 is 3.00 bits per heavy atom. The van der Waals surface area contributed by atoms with Crippen molar-refractivity contribution >= 4 is 11.5 Å². The van der Waals surface area contributed by atoms with Gasteiger partial charge in [0.1, 0.15) is 5.56 Å². The van der Waals surface area contributed by atoms with Crippen LogP contribution in [0.3, 0.4) is 0 Å². The summed E-state index contributed by atoms with van der Waals surface area (Å²) >= 11 is 1.31. The highest BCUT2D eigenvalue weighted by Gasteiger charge is 2.15. The van der Waals surface area contributed by atoms with Crippen LogP contribution in [0, 0.1) is 5.92 Å². The Morgan fingerprint density at radius 1 is 1.43 bits per heavy atom. The highest BCUT2D eigenvalue weighted by molar-refractivity contribution is 7.03. The molecule has 0 aliphatic carbocycles. The predicted octanol–water partition coefficient (Wildman–Crippen LogP) is 2.68. The zero-order valence-corrected chi connectivity index (χ0v) is 12.5. The van der Waals surface area contributed by atoms with Crippen LogP contribution in [0.4, 0.5) is 0 Å². The lowest BCUT2D eigenvalue weighted by molar-refractivity contribution is 0.430. The van der Waals surface area contributed by atoms with Gasteiger partial charge in [0, 0.05) is 18.1 Å². The second kappa shape index (κ2) is 5.61. The molecule has 6 nitrogen and oxygen atoms in total. The second-order valence-corrected chi connectivity index (χ2v) is 5.77. The molecule has 3 rings (SSSR count). The van der Waals surface area contributed by atoms with E-state index in [2.05, 4.69) is 28.4 Å². The second-order valence-electron chi connectivity index (χ2n) is 5.11. The third kappa shape index (κ3) is 2.78. The van der Waals surface area contributed by atoms with E-state index >= 15 is 0 Å². The van der Waals surface area contributed by atoms with E-state index in [9.17, 15) is 4.79 Å². The molecule has 0 aromatic carbocycles. The number of aromatic nitrogens is 4. The number of hydrogen-bond donors (Lipinski definition) is 0. The van der Waals surface area contributed by atoms with E-state index < -0.39 is 0 Å². The van der Waals surface area contributed by atoms with Crippen LogP contribution in [0.15, 0.2) is 39.2 Å². The van der Waals surface area contributed by atoms with Crippen LogP contribution in [-0.2, 0) is 6.54 Å². The van der Waals surface area contributed by atoms with Crippen LogP contribution in [0.1, 0.15) is 13.8 Å². The van der Waals surface area contributed by atoms with Crippen LogP contribution < -0.4 is 5.56 Å². The minimum Gasteiger partial charge on any atom is -0.333 e. The summed E-state index contributed by atoms with van der Waals surface area (Å²) < 4.78 is 10.9. The molecule has 0 spiro atoms. The van der Waals surface area contributed by atoms with E-state index in [0.717, 1.165) is 5.56 Å². The third-order valence-corrected chi connectivity index (χ3v) is 3.52. The lowest BCUT2D eigenvalue weighted by Gasteiger charge is -2.08. The Labute approximate surface area is 125 Å². The van der Waals surface area contributed by atoms with Gasteiger partial charge in [-0.1, -0.05) is 19.0 Å². The first-order valence-corrected chi connectivity index (χ1v) is 7.42. The van der Waals surface area contributed by atoms with E-state index in [4.69, 9.17) is 4.52 Å². The minimum absolute atomic E-state index is 0.121. The lowest BCUT2D eigenvalue weighted by Crippen LogP contribution is -2.23. The molecule has 0 saturated heterocycles. The molecule has 0 bridgehead atoms. The first kappa shape index (κ1) is 13.7. The first-order chi connectivity index (χ1) is 10.1. The zero-order valence-electron chi connectivity index (χ0n) is 11.7. The summed E-state index contributed by atoms with van der Waals surface area (Å²) in [4.78, 5) is 16.7. The summed E-state index contributed by atoms with van der Waals surface area (Å²) in [6.07, 6.45) is 3.44. The lowest BCUT2D eigenvalue weighted by atomic mass is 10.2. The van der Waals surface area contributed by atoms with Crippen LogP contribution in [-0.4, -0.2) is 19.1 Å². The maximum Gasteiger partial charge on any atom is 0.263 e. The van der Waals surface area contributed by atoms with Gasteiger partial charge in [-0.15, -0.1) is 0 Å². The Kier molecular flexibility index (Phi) is 3.66. The van der Waals surface area contributed by atoms with Gasteiger partial charge in [-0.2, -0.15) is 4.98 Å². The molecule has 0 amide bonds. The maximum atomic E-state index is 12.4. The summed E-state index contributed by atoms with van der Waals surface area (Å²) in [5.41, 5.74) is 1.08. The molecule has 0 atom stereocenters. The maximum absolute atomic E-state index is 12.4. The minimum atomic E-state index is -0.121. The van der Waals surface area contributed by atoms with Gasteiger partial charge in [0.05, 0.1) is 11.8 Å². The van der Waals surface area contributed by atoms with E-state index in [-0.39, 0.29) is 11.4 Å².